The molecule has 0 fully saturated rings. The van der Waals surface area contributed by atoms with Crippen molar-refractivity contribution in [1.29, 1.82) is 0 Å². The quantitative estimate of drug-likeness (QED) is 0.0469. The second-order valence-electron chi connectivity index (χ2n) is 33.1. The summed E-state index contributed by atoms with van der Waals surface area (Å²) in [7, 11) is 1.34. The fraction of sp³-hybridized carbons (Fsp3) is 0.0909. The summed E-state index contributed by atoms with van der Waals surface area (Å²) in [4.78, 5) is 113. The number of amides is 5. The van der Waals surface area contributed by atoms with E-state index in [2.05, 4.69) is 130 Å². The Bertz CT molecular complexity index is 7780. The van der Waals surface area contributed by atoms with Crippen LogP contribution in [0, 0.1) is 11.6 Å². The minimum Gasteiger partial charge on any atom is -0.488 e. The highest BCUT2D eigenvalue weighted by Gasteiger charge is 2.33. The Morgan fingerprint density at radius 1 is 0.431 bits per heavy atom. The zero-order valence-corrected chi connectivity index (χ0v) is 74.0. The van der Waals surface area contributed by atoms with Crippen molar-refractivity contribution in [2.24, 2.45) is 0 Å². The normalized spacial score (nSPS) is 13.4. The van der Waals surface area contributed by atoms with Gasteiger partial charge in [-0.15, -0.1) is 0 Å². The number of hydrogen-bond acceptors (Lipinski definition) is 16. The van der Waals surface area contributed by atoms with Crippen LogP contribution in [0.3, 0.4) is 0 Å². The summed E-state index contributed by atoms with van der Waals surface area (Å²) < 4.78 is 46.7. The van der Waals surface area contributed by atoms with E-state index >= 15 is 0 Å². The van der Waals surface area contributed by atoms with Gasteiger partial charge in [-0.3, -0.25) is 28.5 Å². The molecule has 0 unspecified atom stereocenters. The summed E-state index contributed by atoms with van der Waals surface area (Å²) in [5.41, 5.74) is 25.6. The number of benzene rings is 13. The third-order valence-corrected chi connectivity index (χ3v) is 24.0. The number of fused-ring (bicyclic) bond motifs is 9. The smallest absolute Gasteiger partial charge is 0.338 e. The van der Waals surface area contributed by atoms with Crippen LogP contribution >= 0.6 is 0 Å². The summed E-state index contributed by atoms with van der Waals surface area (Å²) in [6, 6.07) is 89.0. The van der Waals surface area contributed by atoms with Gasteiger partial charge in [-0.05, 0) is 238 Å². The summed E-state index contributed by atoms with van der Waals surface area (Å²) in [5, 5.41) is 20.1. The van der Waals surface area contributed by atoms with Crippen LogP contribution in [0.5, 0.6) is 5.75 Å². The zero-order chi connectivity index (χ0) is 94.5. The van der Waals surface area contributed by atoms with E-state index in [1.165, 1.54) is 12.5 Å². The molecule has 7 aliphatic heterocycles. The number of rotatable bonds is 14. The largest absolute Gasteiger partial charge is 0.488 e. The molecule has 13 aromatic carbocycles. The fourth-order valence-electron chi connectivity index (χ4n) is 17.4. The number of anilines is 8. The molecule has 8 N–H and O–H groups in total. The van der Waals surface area contributed by atoms with Crippen molar-refractivity contribution in [2.75, 3.05) is 55.4 Å². The molecule has 17 aromatic rings. The van der Waals surface area contributed by atoms with Gasteiger partial charge in [0.25, 0.3) is 11.8 Å². The van der Waals surface area contributed by atoms with Gasteiger partial charge in [0.2, 0.25) is 17.7 Å². The number of para-hydroxylation sites is 1. The number of allylic oxidation sites excluding steroid dienone is 1. The average Bonchev–Trinajstić information content (AvgIpc) is 1.67. The van der Waals surface area contributed by atoms with E-state index in [9.17, 15) is 47.1 Å². The van der Waals surface area contributed by atoms with E-state index in [4.69, 9.17) is 14.2 Å². The summed E-state index contributed by atoms with van der Waals surface area (Å²) in [6.07, 6.45) is 11.5. The maximum atomic E-state index is 13.6. The second-order valence-corrected chi connectivity index (χ2v) is 33.1. The maximum absolute atomic E-state index is 13.6. The molecule has 676 valence electrons. The number of imidazole rings is 2. The first kappa shape index (κ1) is 88.1. The van der Waals surface area contributed by atoms with Crippen LogP contribution in [0.1, 0.15) is 87.3 Å². The van der Waals surface area contributed by atoms with E-state index < -0.39 is 17.6 Å². The van der Waals surface area contributed by atoms with Gasteiger partial charge in [0.1, 0.15) is 41.5 Å². The summed E-state index contributed by atoms with van der Waals surface area (Å²) in [6.45, 7) is 11.3. The van der Waals surface area contributed by atoms with Gasteiger partial charge >= 0.3 is 17.6 Å². The van der Waals surface area contributed by atoms with E-state index in [0.717, 1.165) is 176 Å². The van der Waals surface area contributed by atoms with E-state index in [-0.39, 0.29) is 53.2 Å². The molecule has 5 amide bonds. The number of aromatic nitrogens is 6. The second kappa shape index (κ2) is 38.4. The Labute approximate surface area is 783 Å². The minimum atomic E-state index is -0.485. The Balaban J connectivity index is 0.000000106. The number of H-pyrrole nitrogens is 2. The van der Waals surface area contributed by atoms with Gasteiger partial charge in [-0.2, -0.15) is 0 Å². The number of carbonyl (C=O) groups is 7. The van der Waals surface area contributed by atoms with Crippen molar-refractivity contribution in [3.63, 3.8) is 0 Å². The van der Waals surface area contributed by atoms with Crippen molar-refractivity contribution in [3.8, 4) is 61.9 Å². The topological polar surface area (TPSA) is 310 Å². The maximum Gasteiger partial charge on any atom is 0.338 e. The number of halogens is 2. The van der Waals surface area contributed by atoms with Crippen LogP contribution in [0.4, 0.5) is 54.4 Å². The van der Waals surface area contributed by atoms with E-state index in [1.807, 2.05) is 175 Å². The molecule has 0 bridgehead atoms. The Kier molecular flexibility index (Phi) is 24.7. The summed E-state index contributed by atoms with van der Waals surface area (Å²) >= 11 is 0. The first-order valence-corrected chi connectivity index (χ1v) is 44.1. The number of nitrogens with zero attached hydrogens (tertiary/aromatic N) is 6. The van der Waals surface area contributed by atoms with Gasteiger partial charge in [0, 0.05) is 122 Å². The van der Waals surface area contributed by atoms with Gasteiger partial charge in [-0.25, -0.2) is 33.1 Å². The lowest BCUT2D eigenvalue weighted by atomic mass is 10.0. The first-order chi connectivity index (χ1) is 66.6. The van der Waals surface area contributed by atoms with E-state index in [1.54, 1.807) is 83.7 Å². The zero-order valence-electron chi connectivity index (χ0n) is 74.0. The van der Waals surface area contributed by atoms with E-state index in [0.29, 0.717) is 78.6 Å². The third kappa shape index (κ3) is 19.1. The van der Waals surface area contributed by atoms with Gasteiger partial charge in [0.05, 0.1) is 79.6 Å². The number of nitrogens with one attached hydrogen (secondary N) is 8. The number of hydrogen-bond donors (Lipinski definition) is 8. The molecule has 0 saturated carbocycles. The highest BCUT2D eigenvalue weighted by atomic mass is 19.1. The highest BCUT2D eigenvalue weighted by molar-refractivity contribution is 6.12. The molecule has 0 saturated heterocycles. The van der Waals surface area contributed by atoms with Gasteiger partial charge in [0.15, 0.2) is 0 Å². The number of aromatic amines is 2. The molecule has 0 radical (unpaired) electrons. The van der Waals surface area contributed by atoms with Crippen molar-refractivity contribution < 1.29 is 56.6 Å². The Morgan fingerprint density at radius 2 is 1.01 bits per heavy atom. The van der Waals surface area contributed by atoms with Crippen LogP contribution in [0.2, 0.25) is 0 Å². The molecule has 137 heavy (non-hydrogen) atoms. The minimum absolute atomic E-state index is 0.0109. The molecular weight excluding hydrogens is 1730 g/mol. The molecule has 0 atom stereocenters. The Morgan fingerprint density at radius 3 is 1.74 bits per heavy atom. The number of methoxy groups -OCH3 is 1. The van der Waals surface area contributed by atoms with Gasteiger partial charge < -0.3 is 70.4 Å². The predicted octanol–water partition coefficient (Wildman–Crippen LogP) is 20.9. The fourth-order valence-corrected chi connectivity index (χ4v) is 17.4. The molecule has 24 rings (SSSR count). The van der Waals surface area contributed by atoms with Crippen LogP contribution in [0.25, 0.3) is 77.9 Å². The standard InChI is InChI=1S/C20H14N4O.C20H18N2O3.C20H16N2O2.C18H15N3O3.C18H14N2O.C14H9F2NO/c25-20-22-17-9-8-14(12-18(17)23-20)24-11-10-21-19(24)16-7-3-5-13-4-1-2-6-15(13)16;1-3-25-20(24)13-4-6-17-15(9-13)11-22(19(17)23)16-5-7-18-14(10-16)8-12(2)21-18;23-19-11-15-10-16(12-21-20(15)22-19)17-8-4-5-9-18(17)24-13-14-6-2-1-3-7-14;1-10-19-15-6-4-13(8-16(15)20-10)21-9-12-7-11(18(23)24-2)3-5-14(12)17(21)22;21-18-12-15-11-14(5-8-17(15)19-18)13-3-6-16(7-4-13)20-9-1-2-10-20;15-10-2-3-12(16)11(7-10)8-1-4-13-9(5-8)6-14(18)17-13/h1-12H,(H2,22,23,25);4-7,9-10,21H,2-3,8,11H2,1H3;1-10,12H,11,13H2,(H,21,22,23);3-8,19-20H,1,9H2,2H3;1-11H,12H2,(H,19,21);1-5,7H,6H2,(H,17,18). The molecule has 0 aliphatic carbocycles. The van der Waals surface area contributed by atoms with Crippen molar-refractivity contribution in [1.82, 2.24) is 29.1 Å². The highest BCUT2D eigenvalue weighted by Crippen LogP contribution is 2.41. The average molecular weight is 1820 g/mol. The molecule has 11 heterocycles. The molecule has 0 spiro atoms. The molecule has 25 nitrogen and oxygen atoms in total. The van der Waals surface area contributed by atoms with Crippen molar-refractivity contribution >= 4 is 109 Å². The number of ether oxygens (including phenoxy) is 3. The van der Waals surface area contributed by atoms with Crippen LogP contribution in [0.15, 0.2) is 346 Å². The third-order valence-electron chi connectivity index (χ3n) is 24.0. The molecule has 4 aromatic heterocycles. The molecule has 7 aliphatic rings. The molecule has 27 heteroatoms. The van der Waals surface area contributed by atoms with Crippen molar-refractivity contribution in [2.45, 2.75) is 52.3 Å². The van der Waals surface area contributed by atoms with Gasteiger partial charge in [-0.1, -0.05) is 128 Å². The number of pyridine rings is 1. The van der Waals surface area contributed by atoms with Crippen LogP contribution in [-0.2, 0) is 69.2 Å². The van der Waals surface area contributed by atoms with Crippen LogP contribution in [-0.4, -0.2) is 84.3 Å². The first-order valence-electron chi connectivity index (χ1n) is 44.1. The molecular formula is C110H86F2N14O11. The lowest BCUT2D eigenvalue weighted by Crippen LogP contribution is -2.22. The Hall–Kier alpha value is -18.1. The lowest BCUT2D eigenvalue weighted by Gasteiger charge is -2.16. The number of carbonyl (C=O) groups excluding carboxylic acids is 7. The lowest BCUT2D eigenvalue weighted by molar-refractivity contribution is -0.115. The van der Waals surface area contributed by atoms with Crippen molar-refractivity contribution in [3.05, 3.63) is 424 Å². The SMILES string of the molecule is C=C1Cc2cc(N3Cc4cc(C(=O)OCC)ccc4C3=O)ccc2N1.C=C1Nc2ccc(N3Cc4cc(C(=O)OC)ccc4C3=O)cc2N1.O=C1Cc2cc(-c3cc(F)ccc3F)ccc2N1.O=C1Cc2cc(-c3ccc(-n4cccc4)cc3)ccc2N1.O=C1Cc2cc(-c3ccccc3OCc3ccccc3)cnc2N1.O=c1[nH]c2ccc(-n3ccnc3-c3cccc4ccccc34)cc2[nH]1. The predicted molar refractivity (Wildman–Crippen MR) is 526 cm³/mol. The van der Waals surface area contributed by atoms with Crippen LogP contribution < -0.4 is 52.1 Å². The monoisotopic (exact) mass is 1820 g/mol. The summed E-state index contributed by atoms with van der Waals surface area (Å²) in [5.74, 6) is 1.17. The number of esters is 2.